The van der Waals surface area contributed by atoms with Crippen molar-refractivity contribution in [3.8, 4) is 0 Å². The maximum atomic E-state index is 13.0. The lowest BCUT2D eigenvalue weighted by molar-refractivity contribution is 0.0555. The molecule has 0 unspecified atom stereocenters. The van der Waals surface area contributed by atoms with Crippen LogP contribution >= 0.6 is 0 Å². The zero-order valence-electron chi connectivity index (χ0n) is 14.8. The highest BCUT2D eigenvalue weighted by Crippen LogP contribution is 2.47. The molecule has 27 heavy (non-hydrogen) atoms. The van der Waals surface area contributed by atoms with E-state index < -0.39 is 17.4 Å². The molecule has 136 valence electrons. The van der Waals surface area contributed by atoms with E-state index in [0.717, 1.165) is 0 Å². The van der Waals surface area contributed by atoms with Crippen LogP contribution < -0.4 is 0 Å². The number of fused-ring (bicyclic) bond motifs is 2. The molecule has 6 nitrogen and oxygen atoms in total. The lowest BCUT2D eigenvalue weighted by atomic mass is 9.80. The monoisotopic (exact) mass is 364 g/mol. The topological polar surface area (TPSA) is 86.7 Å². The van der Waals surface area contributed by atoms with Crippen molar-refractivity contribution in [2.24, 2.45) is 5.41 Å². The molecule has 2 aliphatic carbocycles. The molecule has 4 rings (SSSR count). The van der Waals surface area contributed by atoms with E-state index in [1.54, 1.807) is 24.3 Å². The summed E-state index contributed by atoms with van der Waals surface area (Å²) in [6.45, 7) is 0. The molecule has 2 aromatic carbocycles. The summed E-state index contributed by atoms with van der Waals surface area (Å²) in [5.74, 6) is -1.77. The lowest BCUT2D eigenvalue weighted by Gasteiger charge is -2.18. The largest absolute Gasteiger partial charge is 0.465 e. The Balaban J connectivity index is 1.83. The van der Waals surface area contributed by atoms with E-state index >= 15 is 0 Å². The van der Waals surface area contributed by atoms with Crippen molar-refractivity contribution >= 4 is 23.5 Å². The van der Waals surface area contributed by atoms with E-state index in [1.807, 2.05) is 0 Å². The number of rotatable bonds is 2. The van der Waals surface area contributed by atoms with Gasteiger partial charge in [-0.15, -0.1) is 0 Å². The summed E-state index contributed by atoms with van der Waals surface area (Å²) in [6.07, 6.45) is 0.389. The van der Waals surface area contributed by atoms with Crippen molar-refractivity contribution in [2.75, 3.05) is 14.2 Å². The molecule has 0 atom stereocenters. The summed E-state index contributed by atoms with van der Waals surface area (Å²) in [4.78, 5) is 50.3. The van der Waals surface area contributed by atoms with Crippen LogP contribution in [0.5, 0.6) is 0 Å². The highest BCUT2D eigenvalue weighted by Gasteiger charge is 2.55. The predicted octanol–water partition coefficient (Wildman–Crippen LogP) is 2.42. The average Bonchev–Trinajstić information content (AvgIpc) is 3.18. The van der Waals surface area contributed by atoms with Gasteiger partial charge in [0.25, 0.3) is 0 Å². The Morgan fingerprint density at radius 3 is 1.59 bits per heavy atom. The minimum atomic E-state index is -1.20. The number of ketones is 2. The van der Waals surface area contributed by atoms with Crippen LogP contribution in [0.2, 0.25) is 0 Å². The van der Waals surface area contributed by atoms with Crippen LogP contribution in [-0.2, 0) is 22.3 Å². The number of esters is 2. The maximum Gasteiger partial charge on any atom is 0.338 e. The second-order valence-corrected chi connectivity index (χ2v) is 6.79. The standard InChI is InChI=1S/C21H16O6/c1-26-19(24)15-7-11-9-21(10-12(11)8-16(15)20(25)27-2)17(22)13-5-3-4-6-14(13)18(21)23/h3-8H,9-10H2,1-2H3. The van der Waals surface area contributed by atoms with Crippen LogP contribution in [0.15, 0.2) is 36.4 Å². The van der Waals surface area contributed by atoms with Crippen LogP contribution in [0.25, 0.3) is 0 Å². The Bertz CT molecular complexity index is 951. The summed E-state index contributed by atoms with van der Waals surface area (Å²) in [7, 11) is 2.44. The average molecular weight is 364 g/mol. The van der Waals surface area contributed by atoms with Crippen molar-refractivity contribution in [2.45, 2.75) is 12.8 Å². The summed E-state index contributed by atoms with van der Waals surface area (Å²) in [5, 5.41) is 0. The molecule has 0 radical (unpaired) electrons. The number of benzene rings is 2. The zero-order valence-corrected chi connectivity index (χ0v) is 14.8. The smallest absolute Gasteiger partial charge is 0.338 e. The maximum absolute atomic E-state index is 13.0. The van der Waals surface area contributed by atoms with Gasteiger partial charge in [-0.25, -0.2) is 9.59 Å². The number of carbonyl (C=O) groups excluding carboxylic acids is 4. The molecule has 0 saturated heterocycles. The second-order valence-electron chi connectivity index (χ2n) is 6.79. The van der Waals surface area contributed by atoms with Crippen molar-refractivity contribution in [3.63, 3.8) is 0 Å². The van der Waals surface area contributed by atoms with Crippen molar-refractivity contribution in [1.29, 1.82) is 0 Å². The number of carbonyl (C=O) groups is 4. The van der Waals surface area contributed by atoms with E-state index in [-0.39, 0.29) is 35.5 Å². The number of methoxy groups -OCH3 is 2. The number of ether oxygens (including phenoxy) is 2. The predicted molar refractivity (Wildman–Crippen MR) is 94.1 cm³/mol. The third-order valence-electron chi connectivity index (χ3n) is 5.42. The van der Waals surface area contributed by atoms with Gasteiger partial charge in [0.05, 0.1) is 25.3 Å². The fourth-order valence-corrected chi connectivity index (χ4v) is 4.11. The van der Waals surface area contributed by atoms with Gasteiger partial charge >= 0.3 is 11.9 Å². The van der Waals surface area contributed by atoms with Crippen LogP contribution in [0.1, 0.15) is 52.6 Å². The summed E-state index contributed by atoms with van der Waals surface area (Å²) in [6, 6.07) is 9.85. The minimum absolute atomic E-state index is 0.0653. The molecule has 0 aliphatic heterocycles. The third kappa shape index (κ3) is 2.26. The van der Waals surface area contributed by atoms with Crippen LogP contribution in [-0.4, -0.2) is 37.7 Å². The van der Waals surface area contributed by atoms with Gasteiger partial charge in [-0.1, -0.05) is 24.3 Å². The van der Waals surface area contributed by atoms with Crippen molar-refractivity contribution in [1.82, 2.24) is 0 Å². The Kier molecular flexibility index (Phi) is 3.73. The van der Waals surface area contributed by atoms with Gasteiger partial charge in [0.15, 0.2) is 11.6 Å². The van der Waals surface area contributed by atoms with Gasteiger partial charge in [0.2, 0.25) is 0 Å². The third-order valence-corrected chi connectivity index (χ3v) is 5.42. The first-order chi connectivity index (χ1) is 12.9. The first-order valence-corrected chi connectivity index (χ1v) is 8.44. The van der Waals surface area contributed by atoms with Crippen LogP contribution in [0, 0.1) is 5.41 Å². The highest BCUT2D eigenvalue weighted by atomic mass is 16.5. The van der Waals surface area contributed by atoms with E-state index in [1.165, 1.54) is 26.4 Å². The molecule has 6 heteroatoms. The van der Waals surface area contributed by atoms with E-state index in [0.29, 0.717) is 22.3 Å². The van der Waals surface area contributed by atoms with Crippen molar-refractivity contribution in [3.05, 3.63) is 69.8 Å². The Morgan fingerprint density at radius 2 is 1.22 bits per heavy atom. The quantitative estimate of drug-likeness (QED) is 0.601. The van der Waals surface area contributed by atoms with Crippen LogP contribution in [0.3, 0.4) is 0 Å². The van der Waals surface area contributed by atoms with E-state index in [4.69, 9.17) is 9.47 Å². The van der Waals surface area contributed by atoms with E-state index in [2.05, 4.69) is 0 Å². The Hall–Kier alpha value is -3.28. The molecule has 0 aromatic heterocycles. The van der Waals surface area contributed by atoms with Gasteiger partial charge in [-0.2, -0.15) is 0 Å². The molecule has 0 heterocycles. The Labute approximate surface area is 155 Å². The summed E-state index contributed by atoms with van der Waals surface area (Å²) in [5.41, 5.74) is 1.17. The number of hydrogen-bond donors (Lipinski definition) is 0. The summed E-state index contributed by atoms with van der Waals surface area (Å²) < 4.78 is 9.52. The fraction of sp³-hybridized carbons (Fsp3) is 0.238. The van der Waals surface area contributed by atoms with Gasteiger partial charge in [-0.05, 0) is 36.1 Å². The zero-order chi connectivity index (χ0) is 19.3. The highest BCUT2D eigenvalue weighted by molar-refractivity contribution is 6.30. The molecule has 0 bridgehead atoms. The molecule has 1 spiro atoms. The van der Waals surface area contributed by atoms with Crippen molar-refractivity contribution < 1.29 is 28.7 Å². The Morgan fingerprint density at radius 1 is 0.815 bits per heavy atom. The molecule has 2 aromatic rings. The van der Waals surface area contributed by atoms with E-state index in [9.17, 15) is 19.2 Å². The van der Waals surface area contributed by atoms with Gasteiger partial charge in [-0.3, -0.25) is 9.59 Å². The van der Waals surface area contributed by atoms with Gasteiger partial charge in [0, 0.05) is 11.1 Å². The lowest BCUT2D eigenvalue weighted by Crippen LogP contribution is -2.34. The molecule has 0 N–H and O–H groups in total. The molecule has 0 amide bonds. The number of Topliss-reactive ketones (excluding diaryl/α,β-unsaturated/α-hetero) is 2. The normalized spacial score (nSPS) is 16.2. The first-order valence-electron chi connectivity index (χ1n) is 8.44. The minimum Gasteiger partial charge on any atom is -0.465 e. The van der Waals surface area contributed by atoms with Gasteiger partial charge in [0.1, 0.15) is 5.41 Å². The van der Waals surface area contributed by atoms with Crippen LogP contribution in [0.4, 0.5) is 0 Å². The molecule has 2 aliphatic rings. The molecular weight excluding hydrogens is 348 g/mol. The first kappa shape index (κ1) is 17.1. The van der Waals surface area contributed by atoms with Gasteiger partial charge < -0.3 is 9.47 Å². The molecular formula is C21H16O6. The molecule has 0 fully saturated rings. The fourth-order valence-electron chi connectivity index (χ4n) is 4.11. The number of hydrogen-bond acceptors (Lipinski definition) is 6. The second kappa shape index (κ2) is 5.87. The molecule has 0 saturated carbocycles. The summed E-state index contributed by atoms with van der Waals surface area (Å²) >= 11 is 0. The SMILES string of the molecule is COC(=O)c1cc2c(cc1C(=O)OC)CC1(C2)C(=O)c2ccccc2C1=O.